The van der Waals surface area contributed by atoms with Gasteiger partial charge in [0, 0.05) is 44.6 Å². The molecular formula is C17H24N6O2. The average molecular weight is 344 g/mol. The second-order valence-electron chi connectivity index (χ2n) is 7.18. The second-order valence-corrected chi connectivity index (χ2v) is 7.18. The molecule has 8 nitrogen and oxygen atoms in total. The Balaban J connectivity index is 1.79. The van der Waals surface area contributed by atoms with E-state index in [1.54, 1.807) is 43.5 Å². The summed E-state index contributed by atoms with van der Waals surface area (Å²) in [4.78, 5) is 27.2. The number of likely N-dealkylation sites (tertiary alicyclic amines) is 1. The molecule has 0 spiro atoms. The second kappa shape index (κ2) is 6.79. The third-order valence-corrected chi connectivity index (χ3v) is 4.24. The highest BCUT2D eigenvalue weighted by Crippen LogP contribution is 2.29. The third kappa shape index (κ3) is 4.33. The normalized spacial score (nSPS) is 20.7. The summed E-state index contributed by atoms with van der Waals surface area (Å²) in [5.41, 5.74) is -0.0967. The lowest BCUT2D eigenvalue weighted by atomic mass is 10.0. The first-order valence-electron chi connectivity index (χ1n) is 8.33. The van der Waals surface area contributed by atoms with Crippen molar-refractivity contribution in [1.82, 2.24) is 24.4 Å². The lowest BCUT2D eigenvalue weighted by Gasteiger charge is -2.22. The van der Waals surface area contributed by atoms with Crippen LogP contribution >= 0.6 is 0 Å². The number of hydrogen-bond acceptors (Lipinski definition) is 6. The van der Waals surface area contributed by atoms with E-state index in [2.05, 4.69) is 20.3 Å². The Kier molecular flexibility index (Phi) is 4.71. The summed E-state index contributed by atoms with van der Waals surface area (Å²) >= 11 is 0. The summed E-state index contributed by atoms with van der Waals surface area (Å²) in [5, 5.41) is 13.3. The number of nitrogens with one attached hydrogen (secondary N) is 1. The summed E-state index contributed by atoms with van der Waals surface area (Å²) in [6, 6.07) is 1.72. The number of aryl methyl sites for hydroxylation is 1. The molecule has 1 saturated heterocycles. The molecule has 0 saturated carbocycles. The van der Waals surface area contributed by atoms with Gasteiger partial charge in [0.05, 0.1) is 30.1 Å². The van der Waals surface area contributed by atoms with Crippen molar-refractivity contribution < 1.29 is 9.90 Å². The van der Waals surface area contributed by atoms with Gasteiger partial charge in [-0.3, -0.25) is 4.79 Å². The van der Waals surface area contributed by atoms with Crippen LogP contribution in [-0.4, -0.2) is 60.2 Å². The minimum Gasteiger partial charge on any atom is -0.390 e. The van der Waals surface area contributed by atoms with Crippen LogP contribution < -0.4 is 5.32 Å². The fourth-order valence-electron chi connectivity index (χ4n) is 3.10. The van der Waals surface area contributed by atoms with E-state index in [0.29, 0.717) is 19.0 Å². The molecular weight excluding hydrogens is 320 g/mol. The number of nitrogens with zero attached hydrogens (tertiary/aromatic N) is 5. The Morgan fingerprint density at radius 3 is 2.64 bits per heavy atom. The van der Waals surface area contributed by atoms with Crippen molar-refractivity contribution in [1.29, 1.82) is 0 Å². The van der Waals surface area contributed by atoms with E-state index in [1.807, 2.05) is 17.8 Å². The van der Waals surface area contributed by atoms with Crippen LogP contribution in [0.1, 0.15) is 31.9 Å². The summed E-state index contributed by atoms with van der Waals surface area (Å²) in [6.07, 6.45) is 7.17. The molecule has 25 heavy (non-hydrogen) atoms. The van der Waals surface area contributed by atoms with E-state index in [9.17, 15) is 9.90 Å². The SMILES string of the molecule is Cn1cnc([C@@H]2CN(C(=O)CC(C)(C)O)C[C@H]2Nc2ncccn2)c1. The van der Waals surface area contributed by atoms with Crippen LogP contribution in [0.2, 0.25) is 0 Å². The van der Waals surface area contributed by atoms with Crippen molar-refractivity contribution in [3.8, 4) is 0 Å². The Labute approximate surface area is 146 Å². The molecule has 3 rings (SSSR count). The fraction of sp³-hybridized carbons (Fsp3) is 0.529. The smallest absolute Gasteiger partial charge is 0.225 e. The molecule has 1 aliphatic heterocycles. The molecule has 2 aromatic rings. The molecule has 1 fully saturated rings. The highest BCUT2D eigenvalue weighted by molar-refractivity contribution is 5.77. The number of carbonyl (C=O) groups is 1. The van der Waals surface area contributed by atoms with Gasteiger partial charge in [-0.1, -0.05) is 0 Å². The van der Waals surface area contributed by atoms with Crippen LogP contribution in [0.5, 0.6) is 0 Å². The number of hydrogen-bond donors (Lipinski definition) is 2. The summed E-state index contributed by atoms with van der Waals surface area (Å²) < 4.78 is 1.90. The number of imidazole rings is 1. The molecule has 0 aliphatic carbocycles. The van der Waals surface area contributed by atoms with Gasteiger partial charge in [-0.25, -0.2) is 15.0 Å². The van der Waals surface area contributed by atoms with E-state index < -0.39 is 5.60 Å². The van der Waals surface area contributed by atoms with Crippen molar-refractivity contribution in [2.45, 2.75) is 37.8 Å². The topological polar surface area (TPSA) is 96.2 Å². The number of rotatable bonds is 5. The van der Waals surface area contributed by atoms with Crippen molar-refractivity contribution in [2.75, 3.05) is 18.4 Å². The number of carbonyl (C=O) groups excluding carboxylic acids is 1. The molecule has 2 aromatic heterocycles. The van der Waals surface area contributed by atoms with E-state index >= 15 is 0 Å². The highest BCUT2D eigenvalue weighted by Gasteiger charge is 2.38. The largest absolute Gasteiger partial charge is 0.390 e. The van der Waals surface area contributed by atoms with Gasteiger partial charge in [0.1, 0.15) is 0 Å². The zero-order chi connectivity index (χ0) is 18.0. The van der Waals surface area contributed by atoms with Gasteiger partial charge >= 0.3 is 0 Å². The van der Waals surface area contributed by atoms with Gasteiger partial charge in [0.15, 0.2) is 0 Å². The van der Waals surface area contributed by atoms with Crippen LogP contribution in [0.4, 0.5) is 5.95 Å². The number of amides is 1. The van der Waals surface area contributed by atoms with E-state index in [1.165, 1.54) is 0 Å². The molecule has 1 aliphatic rings. The quantitative estimate of drug-likeness (QED) is 0.832. The van der Waals surface area contributed by atoms with Crippen LogP contribution in [0.3, 0.4) is 0 Å². The first kappa shape index (κ1) is 17.3. The predicted molar refractivity (Wildman–Crippen MR) is 92.9 cm³/mol. The van der Waals surface area contributed by atoms with Crippen LogP contribution in [0.25, 0.3) is 0 Å². The standard InChI is InChI=1S/C17H24N6O2/c1-17(2,25)7-15(24)23-8-12(13-9-22(3)11-20-13)14(10-23)21-16-18-5-4-6-19-16/h4-6,9,11-12,14,25H,7-8,10H2,1-3H3,(H,18,19,21)/t12-,14+/m0/s1. The zero-order valence-electron chi connectivity index (χ0n) is 14.8. The Morgan fingerprint density at radius 1 is 1.32 bits per heavy atom. The van der Waals surface area contributed by atoms with Gasteiger partial charge in [-0.05, 0) is 19.9 Å². The van der Waals surface area contributed by atoms with Crippen molar-refractivity contribution in [3.05, 3.63) is 36.7 Å². The lowest BCUT2D eigenvalue weighted by molar-refractivity contribution is -0.134. The van der Waals surface area contributed by atoms with Crippen LogP contribution in [0, 0.1) is 0 Å². The molecule has 3 heterocycles. The van der Waals surface area contributed by atoms with Crippen molar-refractivity contribution in [3.63, 3.8) is 0 Å². The van der Waals surface area contributed by atoms with Crippen molar-refractivity contribution >= 4 is 11.9 Å². The zero-order valence-corrected chi connectivity index (χ0v) is 14.8. The fourth-order valence-corrected chi connectivity index (χ4v) is 3.10. The Hall–Kier alpha value is -2.48. The number of anilines is 1. The van der Waals surface area contributed by atoms with E-state index in [0.717, 1.165) is 5.69 Å². The Morgan fingerprint density at radius 2 is 2.04 bits per heavy atom. The molecule has 2 N–H and O–H groups in total. The first-order chi connectivity index (χ1) is 11.8. The number of aliphatic hydroxyl groups is 1. The first-order valence-corrected chi connectivity index (χ1v) is 8.33. The molecule has 0 radical (unpaired) electrons. The van der Waals surface area contributed by atoms with E-state index in [4.69, 9.17) is 0 Å². The van der Waals surface area contributed by atoms with Gasteiger partial charge < -0.3 is 19.9 Å². The molecule has 0 aromatic carbocycles. The Bertz CT molecular complexity index is 724. The summed E-state index contributed by atoms with van der Waals surface area (Å²) in [6.45, 7) is 4.36. The lowest BCUT2D eigenvalue weighted by Crippen LogP contribution is -2.36. The minimum atomic E-state index is -1.02. The van der Waals surface area contributed by atoms with Gasteiger partial charge in [-0.2, -0.15) is 0 Å². The highest BCUT2D eigenvalue weighted by atomic mass is 16.3. The monoisotopic (exact) mass is 344 g/mol. The third-order valence-electron chi connectivity index (χ3n) is 4.24. The van der Waals surface area contributed by atoms with Crippen LogP contribution in [-0.2, 0) is 11.8 Å². The molecule has 134 valence electrons. The molecule has 2 atom stereocenters. The minimum absolute atomic E-state index is 0.0377. The summed E-state index contributed by atoms with van der Waals surface area (Å²) in [7, 11) is 1.92. The van der Waals surface area contributed by atoms with Gasteiger partial charge in [-0.15, -0.1) is 0 Å². The maximum atomic E-state index is 12.5. The predicted octanol–water partition coefficient (Wildman–Crippen LogP) is 0.778. The molecule has 1 amide bonds. The van der Waals surface area contributed by atoms with Crippen LogP contribution in [0.15, 0.2) is 31.0 Å². The molecule has 0 bridgehead atoms. The van der Waals surface area contributed by atoms with Gasteiger partial charge in [0.2, 0.25) is 11.9 Å². The maximum absolute atomic E-state index is 12.5. The molecule has 8 heteroatoms. The van der Waals surface area contributed by atoms with Crippen molar-refractivity contribution in [2.24, 2.45) is 7.05 Å². The summed E-state index contributed by atoms with van der Waals surface area (Å²) in [5.74, 6) is 0.507. The molecule has 0 unspecified atom stereocenters. The number of aromatic nitrogens is 4. The average Bonchev–Trinajstić information content (AvgIpc) is 3.13. The van der Waals surface area contributed by atoms with E-state index in [-0.39, 0.29) is 24.3 Å². The van der Waals surface area contributed by atoms with Gasteiger partial charge in [0.25, 0.3) is 0 Å². The maximum Gasteiger partial charge on any atom is 0.225 e.